The molecule has 4 aromatic rings. The molecule has 0 spiro atoms. The zero-order chi connectivity index (χ0) is 19.3. The first-order chi connectivity index (χ1) is 13.7. The molecular formula is C25H22FNO. The van der Waals surface area contributed by atoms with Crippen molar-refractivity contribution in [2.24, 2.45) is 0 Å². The average Bonchev–Trinajstić information content (AvgIpc) is 2.72. The number of nitrogens with one attached hydrogen (secondary N) is 1. The Balaban J connectivity index is 1.63. The van der Waals surface area contributed by atoms with Crippen molar-refractivity contribution >= 4 is 16.5 Å². The highest BCUT2D eigenvalue weighted by Crippen LogP contribution is 2.30. The normalized spacial score (nSPS) is 10.8. The van der Waals surface area contributed by atoms with Gasteiger partial charge in [0.25, 0.3) is 0 Å². The lowest BCUT2D eigenvalue weighted by Gasteiger charge is -2.16. The topological polar surface area (TPSA) is 21.3 Å². The summed E-state index contributed by atoms with van der Waals surface area (Å²) in [6, 6.07) is 27.3. The van der Waals surface area contributed by atoms with E-state index in [4.69, 9.17) is 4.74 Å². The second-order valence-electron chi connectivity index (χ2n) is 6.87. The lowest BCUT2D eigenvalue weighted by atomic mass is 10.0. The molecule has 0 saturated carbocycles. The molecular weight excluding hydrogens is 349 g/mol. The van der Waals surface area contributed by atoms with Crippen LogP contribution in [-0.2, 0) is 13.2 Å². The SMILES string of the molecule is Cc1cccc(NCc2c(OCc3ccccc3F)ccc3ccccc23)c1. The summed E-state index contributed by atoms with van der Waals surface area (Å²) in [4.78, 5) is 0. The Morgan fingerprint density at radius 2 is 1.68 bits per heavy atom. The Kier molecular flexibility index (Phi) is 5.24. The summed E-state index contributed by atoms with van der Waals surface area (Å²) in [7, 11) is 0. The van der Waals surface area contributed by atoms with Crippen molar-refractivity contribution in [3.63, 3.8) is 0 Å². The molecule has 28 heavy (non-hydrogen) atoms. The molecule has 0 aliphatic carbocycles. The Morgan fingerprint density at radius 3 is 2.54 bits per heavy atom. The minimum atomic E-state index is -0.247. The molecule has 0 radical (unpaired) electrons. The van der Waals surface area contributed by atoms with Gasteiger partial charge in [-0.1, -0.05) is 60.7 Å². The summed E-state index contributed by atoms with van der Waals surface area (Å²) in [5.74, 6) is 0.518. The predicted octanol–water partition coefficient (Wildman–Crippen LogP) is 6.48. The van der Waals surface area contributed by atoms with Crippen LogP contribution in [0.5, 0.6) is 5.75 Å². The third kappa shape index (κ3) is 3.99. The van der Waals surface area contributed by atoms with Gasteiger partial charge in [-0.2, -0.15) is 0 Å². The van der Waals surface area contributed by atoms with Gasteiger partial charge in [0.05, 0.1) is 0 Å². The van der Waals surface area contributed by atoms with Gasteiger partial charge in [0.1, 0.15) is 18.2 Å². The number of aryl methyl sites for hydroxylation is 1. The first-order valence-electron chi connectivity index (χ1n) is 9.38. The second-order valence-corrected chi connectivity index (χ2v) is 6.87. The van der Waals surface area contributed by atoms with Crippen molar-refractivity contribution in [2.75, 3.05) is 5.32 Å². The molecule has 4 aromatic carbocycles. The van der Waals surface area contributed by atoms with E-state index in [1.54, 1.807) is 12.1 Å². The zero-order valence-electron chi connectivity index (χ0n) is 15.8. The van der Waals surface area contributed by atoms with Crippen LogP contribution in [0.3, 0.4) is 0 Å². The number of anilines is 1. The molecule has 2 nitrogen and oxygen atoms in total. The fourth-order valence-corrected chi connectivity index (χ4v) is 3.35. The van der Waals surface area contributed by atoms with E-state index in [1.165, 1.54) is 11.6 Å². The highest BCUT2D eigenvalue weighted by atomic mass is 19.1. The van der Waals surface area contributed by atoms with Gasteiger partial charge in [-0.15, -0.1) is 0 Å². The average molecular weight is 371 g/mol. The van der Waals surface area contributed by atoms with Crippen molar-refractivity contribution in [2.45, 2.75) is 20.1 Å². The van der Waals surface area contributed by atoms with E-state index in [0.717, 1.165) is 27.8 Å². The fraction of sp³-hybridized carbons (Fsp3) is 0.120. The Hall–Kier alpha value is -3.33. The quantitative estimate of drug-likeness (QED) is 0.419. The summed E-state index contributed by atoms with van der Waals surface area (Å²) in [6.07, 6.45) is 0. The predicted molar refractivity (Wildman–Crippen MR) is 113 cm³/mol. The lowest BCUT2D eigenvalue weighted by Crippen LogP contribution is -2.05. The maximum atomic E-state index is 14.0. The Labute approximate surface area is 164 Å². The van der Waals surface area contributed by atoms with Gasteiger partial charge in [0.15, 0.2) is 0 Å². The molecule has 0 aliphatic heterocycles. The third-order valence-electron chi connectivity index (χ3n) is 4.83. The molecule has 140 valence electrons. The highest BCUT2D eigenvalue weighted by molar-refractivity contribution is 5.88. The second kappa shape index (κ2) is 8.13. The molecule has 0 atom stereocenters. The van der Waals surface area contributed by atoms with Crippen LogP contribution in [0.25, 0.3) is 10.8 Å². The minimum Gasteiger partial charge on any atom is -0.488 e. The summed E-state index contributed by atoms with van der Waals surface area (Å²) < 4.78 is 20.0. The van der Waals surface area contributed by atoms with Crippen molar-refractivity contribution in [1.82, 2.24) is 0 Å². The molecule has 4 rings (SSSR count). The van der Waals surface area contributed by atoms with E-state index in [9.17, 15) is 4.39 Å². The molecule has 0 heterocycles. The molecule has 0 saturated heterocycles. The lowest BCUT2D eigenvalue weighted by molar-refractivity contribution is 0.297. The number of ether oxygens (including phenoxy) is 1. The van der Waals surface area contributed by atoms with E-state index in [2.05, 4.69) is 42.6 Å². The molecule has 0 aromatic heterocycles. The van der Waals surface area contributed by atoms with Crippen LogP contribution in [0.2, 0.25) is 0 Å². The van der Waals surface area contributed by atoms with Gasteiger partial charge in [0.2, 0.25) is 0 Å². The largest absolute Gasteiger partial charge is 0.488 e. The standard InChI is InChI=1S/C25H22FNO/c1-18-7-6-10-21(15-18)27-16-23-22-11-4-2-8-19(22)13-14-25(23)28-17-20-9-3-5-12-24(20)26/h2-15,27H,16-17H2,1H3. The minimum absolute atomic E-state index is 0.197. The number of hydrogen-bond acceptors (Lipinski definition) is 2. The van der Waals surface area contributed by atoms with Crippen LogP contribution in [0.1, 0.15) is 16.7 Å². The van der Waals surface area contributed by atoms with Gasteiger partial charge < -0.3 is 10.1 Å². The van der Waals surface area contributed by atoms with Gasteiger partial charge >= 0.3 is 0 Å². The van der Waals surface area contributed by atoms with Crippen molar-refractivity contribution < 1.29 is 9.13 Å². The summed E-state index contributed by atoms with van der Waals surface area (Å²) >= 11 is 0. The van der Waals surface area contributed by atoms with E-state index in [-0.39, 0.29) is 12.4 Å². The van der Waals surface area contributed by atoms with Crippen LogP contribution in [0.4, 0.5) is 10.1 Å². The number of benzene rings is 4. The molecule has 1 N–H and O–H groups in total. The smallest absolute Gasteiger partial charge is 0.129 e. The molecule has 0 bridgehead atoms. The molecule has 3 heteroatoms. The van der Waals surface area contributed by atoms with E-state index < -0.39 is 0 Å². The van der Waals surface area contributed by atoms with Crippen molar-refractivity contribution in [3.8, 4) is 5.75 Å². The number of hydrogen-bond donors (Lipinski definition) is 1. The molecule has 0 aliphatic rings. The van der Waals surface area contributed by atoms with Crippen LogP contribution in [-0.4, -0.2) is 0 Å². The van der Waals surface area contributed by atoms with Crippen LogP contribution < -0.4 is 10.1 Å². The van der Waals surface area contributed by atoms with Crippen LogP contribution in [0.15, 0.2) is 84.9 Å². The van der Waals surface area contributed by atoms with E-state index >= 15 is 0 Å². The van der Waals surface area contributed by atoms with Gasteiger partial charge in [0, 0.05) is 23.4 Å². The number of fused-ring (bicyclic) bond motifs is 1. The van der Waals surface area contributed by atoms with Crippen molar-refractivity contribution in [3.05, 3.63) is 107 Å². The summed E-state index contributed by atoms with van der Waals surface area (Å²) in [6.45, 7) is 2.89. The van der Waals surface area contributed by atoms with Crippen molar-refractivity contribution in [1.29, 1.82) is 0 Å². The summed E-state index contributed by atoms with van der Waals surface area (Å²) in [5, 5.41) is 5.78. The molecule has 0 unspecified atom stereocenters. The first kappa shape index (κ1) is 18.1. The van der Waals surface area contributed by atoms with E-state index in [0.29, 0.717) is 12.1 Å². The van der Waals surface area contributed by atoms with Crippen LogP contribution >= 0.6 is 0 Å². The highest BCUT2D eigenvalue weighted by Gasteiger charge is 2.10. The van der Waals surface area contributed by atoms with Gasteiger partial charge in [-0.25, -0.2) is 4.39 Å². The van der Waals surface area contributed by atoms with Gasteiger partial charge in [-0.3, -0.25) is 0 Å². The van der Waals surface area contributed by atoms with E-state index in [1.807, 2.05) is 36.4 Å². The van der Waals surface area contributed by atoms with Gasteiger partial charge in [-0.05, 0) is 47.5 Å². The number of halogens is 1. The first-order valence-corrected chi connectivity index (χ1v) is 9.38. The summed E-state index contributed by atoms with van der Waals surface area (Å²) in [5.41, 5.74) is 3.89. The maximum Gasteiger partial charge on any atom is 0.129 e. The Morgan fingerprint density at radius 1 is 0.857 bits per heavy atom. The monoisotopic (exact) mass is 371 g/mol. The molecule has 0 fully saturated rings. The third-order valence-corrected chi connectivity index (χ3v) is 4.83. The van der Waals surface area contributed by atoms with Crippen LogP contribution in [0, 0.1) is 12.7 Å². The fourth-order valence-electron chi connectivity index (χ4n) is 3.35. The number of rotatable bonds is 6. The zero-order valence-corrected chi connectivity index (χ0v) is 15.8. The Bertz CT molecular complexity index is 1110. The molecule has 0 amide bonds. The maximum absolute atomic E-state index is 14.0.